The SMILES string of the molecule is CC/C=C\CO. The van der Waals surface area contributed by atoms with Gasteiger partial charge >= 0.3 is 0 Å². The predicted octanol–water partition coefficient (Wildman–Crippen LogP) is 0.945. The van der Waals surface area contributed by atoms with E-state index in [4.69, 9.17) is 5.11 Å². The van der Waals surface area contributed by atoms with Gasteiger partial charge in [0.1, 0.15) is 0 Å². The maximum absolute atomic E-state index is 8.11. The highest BCUT2D eigenvalue weighted by Crippen LogP contribution is 1.74. The number of hydrogen-bond donors (Lipinski definition) is 1. The number of rotatable bonds is 2. The van der Waals surface area contributed by atoms with Crippen LogP contribution >= 0.6 is 0 Å². The van der Waals surface area contributed by atoms with Crippen LogP contribution in [0.25, 0.3) is 0 Å². The third-order valence-electron chi connectivity index (χ3n) is 0.508. The van der Waals surface area contributed by atoms with Crippen molar-refractivity contribution in [1.29, 1.82) is 0 Å². The first-order valence-corrected chi connectivity index (χ1v) is 2.17. The first kappa shape index (κ1) is 5.70. The maximum Gasteiger partial charge on any atom is 0.0612 e. The van der Waals surface area contributed by atoms with Crippen LogP contribution in [0.1, 0.15) is 13.3 Å². The molecular weight excluding hydrogens is 76.1 g/mol. The average Bonchev–Trinajstić information content (AvgIpc) is 1.61. The first-order valence-electron chi connectivity index (χ1n) is 2.17. The fourth-order valence-electron chi connectivity index (χ4n) is 0.241. The second-order valence-electron chi connectivity index (χ2n) is 1.06. The van der Waals surface area contributed by atoms with E-state index < -0.39 is 0 Å². The van der Waals surface area contributed by atoms with Gasteiger partial charge in [-0.1, -0.05) is 19.1 Å². The van der Waals surface area contributed by atoms with E-state index in [1.165, 1.54) is 0 Å². The molecule has 0 unspecified atom stereocenters. The Morgan fingerprint density at radius 3 is 2.33 bits per heavy atom. The molecule has 0 heterocycles. The van der Waals surface area contributed by atoms with Crippen LogP contribution in [0.3, 0.4) is 0 Å². The van der Waals surface area contributed by atoms with Crippen molar-refractivity contribution in [2.45, 2.75) is 13.3 Å². The molecule has 0 aromatic carbocycles. The topological polar surface area (TPSA) is 20.2 Å². The second-order valence-corrected chi connectivity index (χ2v) is 1.06. The molecule has 0 saturated heterocycles. The average molecular weight is 86.1 g/mol. The molecule has 0 atom stereocenters. The summed E-state index contributed by atoms with van der Waals surface area (Å²) in [6.07, 6.45) is 4.68. The van der Waals surface area contributed by atoms with E-state index in [1.807, 2.05) is 13.0 Å². The van der Waals surface area contributed by atoms with Crippen molar-refractivity contribution in [3.05, 3.63) is 12.2 Å². The van der Waals surface area contributed by atoms with Crippen LogP contribution in [-0.2, 0) is 0 Å². The van der Waals surface area contributed by atoms with Gasteiger partial charge in [0, 0.05) is 0 Å². The van der Waals surface area contributed by atoms with Crippen LogP contribution in [0.4, 0.5) is 0 Å². The minimum Gasteiger partial charge on any atom is -0.392 e. The molecule has 0 spiro atoms. The molecule has 6 heavy (non-hydrogen) atoms. The van der Waals surface area contributed by atoms with Gasteiger partial charge in [-0.3, -0.25) is 0 Å². The smallest absolute Gasteiger partial charge is 0.0612 e. The summed E-state index contributed by atoms with van der Waals surface area (Å²) in [6, 6.07) is 0. The van der Waals surface area contributed by atoms with Gasteiger partial charge in [0.15, 0.2) is 0 Å². The van der Waals surface area contributed by atoms with Crippen molar-refractivity contribution >= 4 is 0 Å². The molecule has 0 fully saturated rings. The summed E-state index contributed by atoms with van der Waals surface area (Å²) in [5.74, 6) is 0. The summed E-state index contributed by atoms with van der Waals surface area (Å²) in [5.41, 5.74) is 0. The fourth-order valence-corrected chi connectivity index (χ4v) is 0.241. The lowest BCUT2D eigenvalue weighted by atomic mass is 10.4. The lowest BCUT2D eigenvalue weighted by Gasteiger charge is -1.72. The van der Waals surface area contributed by atoms with Crippen molar-refractivity contribution in [2.24, 2.45) is 0 Å². The number of aliphatic hydroxyl groups is 1. The van der Waals surface area contributed by atoms with E-state index in [-0.39, 0.29) is 6.61 Å². The third kappa shape index (κ3) is 3.70. The minimum atomic E-state index is 0.174. The number of aliphatic hydroxyl groups excluding tert-OH is 1. The quantitative estimate of drug-likeness (QED) is 0.496. The van der Waals surface area contributed by atoms with Crippen LogP contribution in [0.2, 0.25) is 0 Å². The zero-order valence-electron chi connectivity index (χ0n) is 4.02. The molecule has 0 radical (unpaired) electrons. The van der Waals surface area contributed by atoms with Crippen molar-refractivity contribution in [3.63, 3.8) is 0 Å². The monoisotopic (exact) mass is 86.1 g/mol. The van der Waals surface area contributed by atoms with Crippen LogP contribution < -0.4 is 0 Å². The van der Waals surface area contributed by atoms with E-state index in [2.05, 4.69) is 0 Å². The summed E-state index contributed by atoms with van der Waals surface area (Å²) in [7, 11) is 0. The predicted molar refractivity (Wildman–Crippen MR) is 26.5 cm³/mol. The Hall–Kier alpha value is -0.300. The first-order chi connectivity index (χ1) is 2.91. The Bertz CT molecular complexity index is 33.2. The van der Waals surface area contributed by atoms with E-state index >= 15 is 0 Å². The number of allylic oxidation sites excluding steroid dienone is 1. The van der Waals surface area contributed by atoms with Crippen LogP contribution in [0, 0.1) is 0 Å². The molecule has 0 aromatic heterocycles. The molecular formula is C5H10O. The minimum absolute atomic E-state index is 0.174. The van der Waals surface area contributed by atoms with Gasteiger partial charge in [0.2, 0.25) is 0 Å². The second kappa shape index (κ2) is 4.70. The zero-order chi connectivity index (χ0) is 4.83. The Morgan fingerprint density at radius 2 is 2.17 bits per heavy atom. The summed E-state index contributed by atoms with van der Waals surface area (Å²) in [6.45, 7) is 2.21. The molecule has 0 aliphatic heterocycles. The lowest BCUT2D eigenvalue weighted by Crippen LogP contribution is -1.67. The zero-order valence-corrected chi connectivity index (χ0v) is 4.02. The van der Waals surface area contributed by atoms with E-state index in [0.717, 1.165) is 6.42 Å². The maximum atomic E-state index is 8.11. The summed E-state index contributed by atoms with van der Waals surface area (Å²) < 4.78 is 0. The van der Waals surface area contributed by atoms with Gasteiger partial charge in [-0.25, -0.2) is 0 Å². The highest BCUT2D eigenvalue weighted by Gasteiger charge is 1.60. The van der Waals surface area contributed by atoms with E-state index in [0.29, 0.717) is 0 Å². The molecule has 0 aliphatic carbocycles. The molecule has 1 heteroatoms. The summed E-state index contributed by atoms with van der Waals surface area (Å²) >= 11 is 0. The van der Waals surface area contributed by atoms with Crippen LogP contribution in [0.5, 0.6) is 0 Å². The van der Waals surface area contributed by atoms with Crippen molar-refractivity contribution in [3.8, 4) is 0 Å². The van der Waals surface area contributed by atoms with Crippen molar-refractivity contribution in [2.75, 3.05) is 6.61 Å². The summed E-state index contributed by atoms with van der Waals surface area (Å²) in [4.78, 5) is 0. The van der Waals surface area contributed by atoms with Crippen molar-refractivity contribution in [1.82, 2.24) is 0 Å². The van der Waals surface area contributed by atoms with E-state index in [9.17, 15) is 0 Å². The molecule has 36 valence electrons. The largest absolute Gasteiger partial charge is 0.392 e. The van der Waals surface area contributed by atoms with E-state index in [1.54, 1.807) is 6.08 Å². The Labute approximate surface area is 38.3 Å². The highest BCUT2D eigenvalue weighted by molar-refractivity contribution is 4.78. The van der Waals surface area contributed by atoms with Gasteiger partial charge in [0.25, 0.3) is 0 Å². The fraction of sp³-hybridized carbons (Fsp3) is 0.600. The standard InChI is InChI=1S/C5H10O/c1-2-3-4-5-6/h3-4,6H,2,5H2,1H3/b4-3-. The molecule has 0 amide bonds. The Morgan fingerprint density at radius 1 is 1.50 bits per heavy atom. The molecule has 0 bridgehead atoms. The van der Waals surface area contributed by atoms with Crippen molar-refractivity contribution < 1.29 is 5.11 Å². The Kier molecular flexibility index (Phi) is 4.46. The van der Waals surface area contributed by atoms with Crippen LogP contribution in [-0.4, -0.2) is 11.7 Å². The van der Waals surface area contributed by atoms with Gasteiger partial charge < -0.3 is 5.11 Å². The third-order valence-corrected chi connectivity index (χ3v) is 0.508. The van der Waals surface area contributed by atoms with Gasteiger partial charge in [0.05, 0.1) is 6.61 Å². The van der Waals surface area contributed by atoms with Crippen LogP contribution in [0.15, 0.2) is 12.2 Å². The molecule has 0 aliphatic rings. The normalized spacial score (nSPS) is 10.3. The van der Waals surface area contributed by atoms with Gasteiger partial charge in [-0.2, -0.15) is 0 Å². The molecule has 0 rings (SSSR count). The number of hydrogen-bond acceptors (Lipinski definition) is 1. The Balaban J connectivity index is 2.73. The van der Waals surface area contributed by atoms with Gasteiger partial charge in [-0.05, 0) is 6.42 Å². The summed E-state index contributed by atoms with van der Waals surface area (Å²) in [5, 5.41) is 8.11. The molecule has 0 aromatic rings. The lowest BCUT2D eigenvalue weighted by molar-refractivity contribution is 0.342. The molecule has 1 nitrogen and oxygen atoms in total. The van der Waals surface area contributed by atoms with Gasteiger partial charge in [-0.15, -0.1) is 0 Å². The molecule has 0 saturated carbocycles. The highest BCUT2D eigenvalue weighted by atomic mass is 16.2. The molecule has 1 N–H and O–H groups in total.